The maximum Gasteiger partial charge on any atom is 0.254 e. The van der Waals surface area contributed by atoms with Crippen LogP contribution in [0.3, 0.4) is 0 Å². The van der Waals surface area contributed by atoms with Crippen LogP contribution in [0.1, 0.15) is 52.2 Å². The first-order chi connectivity index (χ1) is 12.4. The minimum absolute atomic E-state index is 0.0357. The molecule has 0 saturated carbocycles. The number of hydrogen-bond acceptors (Lipinski definition) is 5. The minimum Gasteiger partial charge on any atom is -0.338 e. The molecule has 4 rings (SSSR count). The number of hydrogen-bond donors (Lipinski definition) is 1. The van der Waals surface area contributed by atoms with E-state index in [2.05, 4.69) is 25.3 Å². The van der Waals surface area contributed by atoms with Crippen molar-refractivity contribution in [3.63, 3.8) is 0 Å². The SMILES string of the molecule is Cc1cc(C(=O)N2CCCC(c3n[nH]c(C)n3)C2)c2c(C)nn(C)c2n1. The number of H-pyrrole nitrogens is 1. The highest BCUT2D eigenvalue weighted by molar-refractivity contribution is 6.06. The summed E-state index contributed by atoms with van der Waals surface area (Å²) in [5.41, 5.74) is 3.09. The summed E-state index contributed by atoms with van der Waals surface area (Å²) in [6, 6.07) is 1.87. The Balaban J connectivity index is 1.68. The Morgan fingerprint density at radius 2 is 2.08 bits per heavy atom. The fourth-order valence-corrected chi connectivity index (χ4v) is 3.82. The van der Waals surface area contributed by atoms with Crippen LogP contribution in [0.25, 0.3) is 11.0 Å². The van der Waals surface area contributed by atoms with Crippen molar-refractivity contribution in [3.05, 3.63) is 34.7 Å². The molecule has 1 aliphatic heterocycles. The van der Waals surface area contributed by atoms with Crippen LogP contribution in [0.15, 0.2) is 6.07 Å². The number of nitrogens with one attached hydrogen (secondary N) is 1. The van der Waals surface area contributed by atoms with E-state index >= 15 is 0 Å². The van der Waals surface area contributed by atoms with E-state index in [1.807, 2.05) is 38.8 Å². The second kappa shape index (κ2) is 6.19. The molecule has 1 atom stereocenters. The van der Waals surface area contributed by atoms with Crippen molar-refractivity contribution in [1.29, 1.82) is 0 Å². The smallest absolute Gasteiger partial charge is 0.254 e. The van der Waals surface area contributed by atoms with Crippen LogP contribution in [0.2, 0.25) is 0 Å². The van der Waals surface area contributed by atoms with Crippen molar-refractivity contribution in [2.24, 2.45) is 7.05 Å². The van der Waals surface area contributed by atoms with Crippen molar-refractivity contribution in [2.45, 2.75) is 39.5 Å². The van der Waals surface area contributed by atoms with E-state index in [0.29, 0.717) is 12.1 Å². The number of amides is 1. The first kappa shape index (κ1) is 16.7. The number of aryl methyl sites for hydroxylation is 4. The van der Waals surface area contributed by atoms with Gasteiger partial charge in [-0.3, -0.25) is 14.6 Å². The molecule has 8 heteroatoms. The van der Waals surface area contributed by atoms with Crippen LogP contribution in [-0.2, 0) is 7.05 Å². The van der Waals surface area contributed by atoms with Gasteiger partial charge in [-0.1, -0.05) is 0 Å². The number of fused-ring (bicyclic) bond motifs is 1. The maximum atomic E-state index is 13.3. The molecular weight excluding hydrogens is 330 g/mol. The van der Waals surface area contributed by atoms with E-state index in [4.69, 9.17) is 0 Å². The highest BCUT2D eigenvalue weighted by Gasteiger charge is 2.29. The average molecular weight is 353 g/mol. The first-order valence-electron chi connectivity index (χ1n) is 8.93. The highest BCUT2D eigenvalue weighted by Crippen LogP contribution is 2.28. The van der Waals surface area contributed by atoms with Crippen LogP contribution in [0.5, 0.6) is 0 Å². The van der Waals surface area contributed by atoms with E-state index in [1.54, 1.807) is 4.68 Å². The molecule has 0 aliphatic carbocycles. The molecule has 1 unspecified atom stereocenters. The predicted octanol–water partition coefficient (Wildman–Crippen LogP) is 2.03. The van der Waals surface area contributed by atoms with Gasteiger partial charge in [0.25, 0.3) is 5.91 Å². The van der Waals surface area contributed by atoms with Gasteiger partial charge < -0.3 is 4.90 Å². The molecular formula is C18H23N7O. The summed E-state index contributed by atoms with van der Waals surface area (Å²) in [5, 5.41) is 12.5. The third-order valence-electron chi connectivity index (χ3n) is 5.02. The van der Waals surface area contributed by atoms with Crippen LogP contribution < -0.4 is 0 Å². The lowest BCUT2D eigenvalue weighted by Gasteiger charge is -2.31. The number of aromatic amines is 1. The lowest BCUT2D eigenvalue weighted by molar-refractivity contribution is 0.0706. The average Bonchev–Trinajstić information content (AvgIpc) is 3.17. The first-order valence-corrected chi connectivity index (χ1v) is 8.93. The summed E-state index contributed by atoms with van der Waals surface area (Å²) < 4.78 is 1.74. The number of likely N-dealkylation sites (tertiary alicyclic amines) is 1. The molecule has 136 valence electrons. The second-order valence-corrected chi connectivity index (χ2v) is 7.09. The maximum absolute atomic E-state index is 13.3. The van der Waals surface area contributed by atoms with Crippen molar-refractivity contribution < 1.29 is 4.79 Å². The van der Waals surface area contributed by atoms with Gasteiger partial charge in [-0.25, -0.2) is 9.97 Å². The summed E-state index contributed by atoms with van der Waals surface area (Å²) >= 11 is 0. The number of piperidine rings is 1. The molecule has 1 saturated heterocycles. The van der Waals surface area contributed by atoms with E-state index in [1.165, 1.54) is 0 Å². The number of aromatic nitrogens is 6. The van der Waals surface area contributed by atoms with Gasteiger partial charge in [0, 0.05) is 31.7 Å². The van der Waals surface area contributed by atoms with Crippen LogP contribution in [0.4, 0.5) is 0 Å². The third kappa shape index (κ3) is 2.75. The van der Waals surface area contributed by atoms with Gasteiger partial charge in [0.1, 0.15) is 5.82 Å². The predicted molar refractivity (Wildman–Crippen MR) is 97.0 cm³/mol. The van der Waals surface area contributed by atoms with Crippen molar-refractivity contribution in [3.8, 4) is 0 Å². The van der Waals surface area contributed by atoms with E-state index in [0.717, 1.165) is 53.5 Å². The lowest BCUT2D eigenvalue weighted by Crippen LogP contribution is -2.39. The summed E-state index contributed by atoms with van der Waals surface area (Å²) in [5.74, 6) is 1.81. The van der Waals surface area contributed by atoms with Gasteiger partial charge in [-0.15, -0.1) is 0 Å². The molecule has 0 spiro atoms. The topological polar surface area (TPSA) is 92.6 Å². The zero-order chi connectivity index (χ0) is 18.4. The lowest BCUT2D eigenvalue weighted by atomic mass is 9.96. The summed E-state index contributed by atoms with van der Waals surface area (Å²) in [6.45, 7) is 7.11. The van der Waals surface area contributed by atoms with Crippen molar-refractivity contribution in [2.75, 3.05) is 13.1 Å². The van der Waals surface area contributed by atoms with Crippen molar-refractivity contribution >= 4 is 16.9 Å². The Kier molecular flexibility index (Phi) is 3.97. The van der Waals surface area contributed by atoms with Gasteiger partial charge in [0.05, 0.1) is 16.6 Å². The Morgan fingerprint density at radius 1 is 1.27 bits per heavy atom. The number of rotatable bonds is 2. The van der Waals surface area contributed by atoms with Crippen LogP contribution in [-0.4, -0.2) is 53.8 Å². The Hall–Kier alpha value is -2.77. The molecule has 4 heterocycles. The molecule has 3 aromatic heterocycles. The molecule has 1 N–H and O–H groups in total. The Morgan fingerprint density at radius 3 is 2.81 bits per heavy atom. The molecule has 8 nitrogen and oxygen atoms in total. The number of carbonyl (C=O) groups is 1. The van der Waals surface area contributed by atoms with E-state index in [-0.39, 0.29) is 11.8 Å². The molecule has 0 bridgehead atoms. The normalized spacial score (nSPS) is 17.8. The largest absolute Gasteiger partial charge is 0.338 e. The monoisotopic (exact) mass is 353 g/mol. The molecule has 1 amide bonds. The fraction of sp³-hybridized carbons (Fsp3) is 0.500. The standard InChI is InChI=1S/C18H23N7O/c1-10-8-14(15-11(2)23-24(4)17(15)19-10)18(26)25-7-5-6-13(9-25)16-20-12(3)21-22-16/h8,13H,5-7,9H2,1-4H3,(H,20,21,22). The zero-order valence-electron chi connectivity index (χ0n) is 15.6. The fourth-order valence-electron chi connectivity index (χ4n) is 3.82. The molecule has 1 aliphatic rings. The number of carbonyl (C=O) groups excluding carboxylic acids is 1. The van der Waals surface area contributed by atoms with Crippen LogP contribution >= 0.6 is 0 Å². The van der Waals surface area contributed by atoms with E-state index < -0.39 is 0 Å². The highest BCUT2D eigenvalue weighted by atomic mass is 16.2. The third-order valence-corrected chi connectivity index (χ3v) is 5.02. The molecule has 26 heavy (non-hydrogen) atoms. The molecule has 0 aromatic carbocycles. The van der Waals surface area contributed by atoms with Crippen molar-refractivity contribution in [1.82, 2.24) is 34.8 Å². The summed E-state index contributed by atoms with van der Waals surface area (Å²) in [4.78, 5) is 24.2. The second-order valence-electron chi connectivity index (χ2n) is 7.09. The number of nitrogens with zero attached hydrogens (tertiary/aromatic N) is 6. The summed E-state index contributed by atoms with van der Waals surface area (Å²) in [7, 11) is 1.86. The van der Waals surface area contributed by atoms with Gasteiger partial charge in [-0.2, -0.15) is 10.2 Å². The van der Waals surface area contributed by atoms with Crippen LogP contribution in [0, 0.1) is 20.8 Å². The van der Waals surface area contributed by atoms with E-state index in [9.17, 15) is 4.79 Å². The molecule has 1 fully saturated rings. The van der Waals surface area contributed by atoms with Gasteiger partial charge >= 0.3 is 0 Å². The quantitative estimate of drug-likeness (QED) is 0.761. The summed E-state index contributed by atoms with van der Waals surface area (Å²) in [6.07, 6.45) is 1.95. The van der Waals surface area contributed by atoms with Gasteiger partial charge in [-0.05, 0) is 39.7 Å². The molecule has 0 radical (unpaired) electrons. The van der Waals surface area contributed by atoms with Gasteiger partial charge in [0.2, 0.25) is 0 Å². The Labute approximate surface area is 151 Å². The molecule has 3 aromatic rings. The number of pyridine rings is 1. The minimum atomic E-state index is 0.0357. The van der Waals surface area contributed by atoms with Gasteiger partial charge in [0.15, 0.2) is 11.5 Å². The Bertz CT molecular complexity index is 987. The zero-order valence-corrected chi connectivity index (χ0v) is 15.6.